The second kappa shape index (κ2) is 5.09. The van der Waals surface area contributed by atoms with Gasteiger partial charge in [0.2, 0.25) is 5.91 Å². The molecule has 1 aliphatic rings. The number of carboxylic acid groups (broad SMARTS) is 1. The molecule has 2 atom stereocenters. The van der Waals surface area contributed by atoms with Crippen molar-refractivity contribution in [3.8, 4) is 0 Å². The Morgan fingerprint density at radius 3 is 2.53 bits per heavy atom. The summed E-state index contributed by atoms with van der Waals surface area (Å²) < 4.78 is 0. The smallest absolute Gasteiger partial charge is 0.305 e. The van der Waals surface area contributed by atoms with Crippen molar-refractivity contribution in [2.75, 3.05) is 6.54 Å². The fourth-order valence-electron chi connectivity index (χ4n) is 1.26. The summed E-state index contributed by atoms with van der Waals surface area (Å²) in [6, 6.07) is -1.05. The number of hydrogen-bond acceptors (Lipinski definition) is 4. The Hall–Kier alpha value is -1.14. The second-order valence-corrected chi connectivity index (χ2v) is 3.85. The average molecular weight is 216 g/mol. The lowest BCUT2D eigenvalue weighted by Gasteiger charge is -2.13. The van der Waals surface area contributed by atoms with Crippen LogP contribution in [0.3, 0.4) is 0 Å². The summed E-state index contributed by atoms with van der Waals surface area (Å²) in [6.45, 7) is 0.150. The van der Waals surface area contributed by atoms with E-state index in [9.17, 15) is 14.7 Å². The standard InChI is InChI=1S/C9H16N2O4/c10-6(3-8(13)14)9(15)11-4-7(12)5-1-2-5/h5-7,12H,1-4,10H2,(H,11,15)(H,13,14). The molecule has 5 N–H and O–H groups in total. The Balaban J connectivity index is 2.19. The van der Waals surface area contributed by atoms with Crippen LogP contribution in [-0.4, -0.2) is 40.8 Å². The molecular formula is C9H16N2O4. The zero-order valence-corrected chi connectivity index (χ0v) is 8.35. The lowest BCUT2D eigenvalue weighted by Crippen LogP contribution is -2.44. The Morgan fingerprint density at radius 1 is 1.47 bits per heavy atom. The Morgan fingerprint density at radius 2 is 2.07 bits per heavy atom. The normalized spacial score (nSPS) is 19.3. The molecule has 2 unspecified atom stereocenters. The summed E-state index contributed by atoms with van der Waals surface area (Å²) in [5, 5.41) is 20.3. The molecule has 0 spiro atoms. The molecule has 86 valence electrons. The first kappa shape index (κ1) is 11.9. The fourth-order valence-corrected chi connectivity index (χ4v) is 1.26. The molecule has 0 saturated heterocycles. The maximum atomic E-state index is 11.2. The molecule has 0 bridgehead atoms. The van der Waals surface area contributed by atoms with Crippen LogP contribution in [0.25, 0.3) is 0 Å². The molecule has 1 fully saturated rings. The van der Waals surface area contributed by atoms with Crippen molar-refractivity contribution >= 4 is 11.9 Å². The number of carbonyl (C=O) groups is 2. The van der Waals surface area contributed by atoms with E-state index in [0.29, 0.717) is 0 Å². The summed E-state index contributed by atoms with van der Waals surface area (Å²) in [5.41, 5.74) is 5.32. The van der Waals surface area contributed by atoms with E-state index < -0.39 is 30.4 Å². The van der Waals surface area contributed by atoms with Gasteiger partial charge in [-0.25, -0.2) is 0 Å². The monoisotopic (exact) mass is 216 g/mol. The highest BCUT2D eigenvalue weighted by atomic mass is 16.4. The van der Waals surface area contributed by atoms with Gasteiger partial charge in [0.25, 0.3) is 0 Å². The number of carbonyl (C=O) groups excluding carboxylic acids is 1. The highest BCUT2D eigenvalue weighted by Gasteiger charge is 2.30. The molecule has 15 heavy (non-hydrogen) atoms. The minimum absolute atomic E-state index is 0.150. The number of amides is 1. The molecule has 0 aliphatic heterocycles. The van der Waals surface area contributed by atoms with Crippen molar-refractivity contribution in [2.24, 2.45) is 11.7 Å². The zero-order valence-electron chi connectivity index (χ0n) is 8.35. The number of aliphatic hydroxyl groups excluding tert-OH is 1. The maximum absolute atomic E-state index is 11.2. The van der Waals surface area contributed by atoms with Crippen molar-refractivity contribution in [1.29, 1.82) is 0 Å². The van der Waals surface area contributed by atoms with Crippen LogP contribution >= 0.6 is 0 Å². The first-order chi connectivity index (χ1) is 7.00. The molecule has 6 nitrogen and oxygen atoms in total. The van der Waals surface area contributed by atoms with Gasteiger partial charge in [-0.1, -0.05) is 0 Å². The predicted molar refractivity (Wildman–Crippen MR) is 52.0 cm³/mol. The van der Waals surface area contributed by atoms with Gasteiger partial charge in [0.15, 0.2) is 0 Å². The van der Waals surface area contributed by atoms with Crippen LogP contribution in [0.4, 0.5) is 0 Å². The minimum atomic E-state index is -1.11. The van der Waals surface area contributed by atoms with Gasteiger partial charge in [-0.05, 0) is 18.8 Å². The first-order valence-electron chi connectivity index (χ1n) is 4.94. The van der Waals surface area contributed by atoms with Gasteiger partial charge >= 0.3 is 5.97 Å². The van der Waals surface area contributed by atoms with Gasteiger partial charge in [-0.2, -0.15) is 0 Å². The molecule has 1 amide bonds. The molecule has 1 aliphatic carbocycles. The SMILES string of the molecule is NC(CC(=O)O)C(=O)NCC(O)C1CC1. The lowest BCUT2D eigenvalue weighted by atomic mass is 10.2. The molecule has 0 radical (unpaired) electrons. The van der Waals surface area contributed by atoms with Gasteiger partial charge in [0, 0.05) is 6.54 Å². The molecule has 6 heteroatoms. The van der Waals surface area contributed by atoms with Crippen LogP contribution < -0.4 is 11.1 Å². The van der Waals surface area contributed by atoms with Crippen LogP contribution in [0, 0.1) is 5.92 Å². The molecule has 0 aromatic rings. The number of carboxylic acids is 1. The number of nitrogens with two attached hydrogens (primary N) is 1. The summed E-state index contributed by atoms with van der Waals surface area (Å²) in [4.78, 5) is 21.5. The molecule has 1 rings (SSSR count). The fraction of sp³-hybridized carbons (Fsp3) is 0.778. The number of aliphatic hydroxyl groups is 1. The molecule has 0 aromatic carbocycles. The van der Waals surface area contributed by atoms with E-state index in [2.05, 4.69) is 5.32 Å². The number of hydrogen-bond donors (Lipinski definition) is 4. The third kappa shape index (κ3) is 4.26. The van der Waals surface area contributed by atoms with Crippen LogP contribution in [0.15, 0.2) is 0 Å². The van der Waals surface area contributed by atoms with E-state index in [1.807, 2.05) is 0 Å². The number of aliphatic carboxylic acids is 1. The van der Waals surface area contributed by atoms with Crippen LogP contribution in [0.5, 0.6) is 0 Å². The largest absolute Gasteiger partial charge is 0.481 e. The van der Waals surface area contributed by atoms with Crippen molar-refractivity contribution in [3.05, 3.63) is 0 Å². The van der Waals surface area contributed by atoms with E-state index in [4.69, 9.17) is 10.8 Å². The third-order valence-corrected chi connectivity index (χ3v) is 2.38. The van der Waals surface area contributed by atoms with Gasteiger partial charge in [-0.15, -0.1) is 0 Å². The third-order valence-electron chi connectivity index (χ3n) is 2.38. The summed E-state index contributed by atoms with van der Waals surface area (Å²) >= 11 is 0. The van der Waals surface area contributed by atoms with Gasteiger partial charge < -0.3 is 21.3 Å². The van der Waals surface area contributed by atoms with Gasteiger partial charge in [0.1, 0.15) is 0 Å². The highest BCUT2D eigenvalue weighted by Crippen LogP contribution is 2.32. The Bertz CT molecular complexity index is 252. The summed E-state index contributed by atoms with van der Waals surface area (Å²) in [7, 11) is 0. The Kier molecular flexibility index (Phi) is 4.05. The quantitative estimate of drug-likeness (QED) is 0.439. The Labute approximate surface area is 87.5 Å². The number of nitrogens with one attached hydrogen (secondary N) is 1. The van der Waals surface area contributed by atoms with Crippen LogP contribution in [0.2, 0.25) is 0 Å². The van der Waals surface area contributed by atoms with Crippen molar-refractivity contribution in [3.63, 3.8) is 0 Å². The van der Waals surface area contributed by atoms with Crippen LogP contribution in [-0.2, 0) is 9.59 Å². The summed E-state index contributed by atoms with van der Waals surface area (Å²) in [5.74, 6) is -1.36. The molecule has 1 saturated carbocycles. The highest BCUT2D eigenvalue weighted by molar-refractivity contribution is 5.85. The summed E-state index contributed by atoms with van der Waals surface area (Å²) in [6.07, 6.45) is 1.04. The van der Waals surface area contributed by atoms with Crippen LogP contribution in [0.1, 0.15) is 19.3 Å². The van der Waals surface area contributed by atoms with Crippen molar-refractivity contribution in [2.45, 2.75) is 31.4 Å². The van der Waals surface area contributed by atoms with E-state index in [0.717, 1.165) is 12.8 Å². The number of rotatable bonds is 6. The van der Waals surface area contributed by atoms with E-state index in [1.165, 1.54) is 0 Å². The zero-order chi connectivity index (χ0) is 11.4. The van der Waals surface area contributed by atoms with E-state index in [-0.39, 0.29) is 12.5 Å². The maximum Gasteiger partial charge on any atom is 0.305 e. The van der Waals surface area contributed by atoms with Crippen molar-refractivity contribution in [1.82, 2.24) is 5.32 Å². The molecule has 0 aromatic heterocycles. The molecular weight excluding hydrogens is 200 g/mol. The van der Waals surface area contributed by atoms with Gasteiger partial charge in [0.05, 0.1) is 18.6 Å². The second-order valence-electron chi connectivity index (χ2n) is 3.85. The van der Waals surface area contributed by atoms with Crippen molar-refractivity contribution < 1.29 is 19.8 Å². The molecule has 0 heterocycles. The first-order valence-corrected chi connectivity index (χ1v) is 4.94. The topological polar surface area (TPSA) is 113 Å². The lowest BCUT2D eigenvalue weighted by molar-refractivity contribution is -0.139. The van der Waals surface area contributed by atoms with E-state index in [1.54, 1.807) is 0 Å². The predicted octanol–water partition coefficient (Wildman–Crippen LogP) is -1.32. The average Bonchev–Trinajstić information content (AvgIpc) is 2.95. The van der Waals surface area contributed by atoms with E-state index >= 15 is 0 Å². The minimum Gasteiger partial charge on any atom is -0.481 e. The van der Waals surface area contributed by atoms with Gasteiger partial charge in [-0.3, -0.25) is 9.59 Å².